The quantitative estimate of drug-likeness (QED) is 0.270. The molecular weight excluding hydrogens is 564 g/mol. The van der Waals surface area contributed by atoms with E-state index < -0.39 is 35.6 Å². The van der Waals surface area contributed by atoms with Crippen LogP contribution in [0.3, 0.4) is 0 Å². The Morgan fingerprint density at radius 3 is 2.51 bits per heavy atom. The molecule has 0 saturated heterocycles. The number of alkyl halides is 3. The highest BCUT2D eigenvalue weighted by atomic mass is 32.1. The lowest BCUT2D eigenvalue weighted by molar-refractivity contribution is -0.191. The van der Waals surface area contributed by atoms with Crippen molar-refractivity contribution < 1.29 is 36.9 Å². The van der Waals surface area contributed by atoms with Crippen LogP contribution in [0.5, 0.6) is 11.5 Å². The predicted octanol–water partition coefficient (Wildman–Crippen LogP) is 4.55. The van der Waals surface area contributed by atoms with Crippen LogP contribution in [0.2, 0.25) is 0 Å². The van der Waals surface area contributed by atoms with Crippen molar-refractivity contribution in [3.05, 3.63) is 70.1 Å². The second-order valence-electron chi connectivity index (χ2n) is 10.4. The van der Waals surface area contributed by atoms with Gasteiger partial charge in [-0.1, -0.05) is 0 Å². The highest BCUT2D eigenvalue weighted by molar-refractivity contribution is 7.18. The van der Waals surface area contributed by atoms with Crippen LogP contribution in [-0.4, -0.2) is 40.9 Å². The number of thiazole rings is 1. The van der Waals surface area contributed by atoms with E-state index in [1.54, 1.807) is 6.07 Å². The van der Waals surface area contributed by atoms with Crippen molar-refractivity contribution in [1.29, 1.82) is 0 Å². The van der Waals surface area contributed by atoms with Crippen molar-refractivity contribution in [1.82, 2.24) is 9.97 Å². The smallest absolute Gasteiger partial charge is 0.414 e. The summed E-state index contributed by atoms with van der Waals surface area (Å²) in [5, 5.41) is 12.6. The Bertz CT molecular complexity index is 1690. The molecule has 2 aromatic carbocycles. The zero-order valence-electron chi connectivity index (χ0n) is 21.6. The van der Waals surface area contributed by atoms with E-state index in [0.717, 1.165) is 12.1 Å². The number of primary amides is 1. The average molecular weight is 589 g/mol. The van der Waals surface area contributed by atoms with Crippen molar-refractivity contribution in [2.75, 3.05) is 13.7 Å². The van der Waals surface area contributed by atoms with Gasteiger partial charge in [-0.15, -0.1) is 11.3 Å². The Labute approximate surface area is 234 Å². The molecule has 3 heterocycles. The second kappa shape index (κ2) is 9.36. The molecular formula is C28H24F4N4O4S. The van der Waals surface area contributed by atoms with E-state index in [4.69, 9.17) is 20.9 Å². The maximum Gasteiger partial charge on any atom is 0.414 e. The van der Waals surface area contributed by atoms with Crippen molar-refractivity contribution >= 4 is 27.5 Å². The number of hydrogen-bond donors (Lipinski definition) is 3. The number of methoxy groups -OCH3 is 1. The van der Waals surface area contributed by atoms with E-state index in [-0.39, 0.29) is 40.6 Å². The third-order valence-corrected chi connectivity index (χ3v) is 8.65. The fraction of sp³-hybridized carbons (Fsp3) is 0.321. The lowest BCUT2D eigenvalue weighted by Gasteiger charge is -2.30. The number of amides is 1. The SMILES string of the molecule is COc1cc(C(N)=O)cc2sc(C[C@@](O)(c3cc4c(c(-c5ccc(F)cc5)n3)OC[C@@]4(N)C(F)(F)F)C3CC3)nc12. The van der Waals surface area contributed by atoms with Gasteiger partial charge in [-0.05, 0) is 61.2 Å². The van der Waals surface area contributed by atoms with E-state index in [0.29, 0.717) is 39.4 Å². The number of rotatable bonds is 7. The highest BCUT2D eigenvalue weighted by Gasteiger charge is 2.59. The molecule has 1 aliphatic carbocycles. The maximum absolute atomic E-state index is 14.2. The van der Waals surface area contributed by atoms with Crippen LogP contribution in [0.25, 0.3) is 21.5 Å². The Morgan fingerprint density at radius 1 is 1.20 bits per heavy atom. The van der Waals surface area contributed by atoms with Gasteiger partial charge in [0.2, 0.25) is 5.91 Å². The molecule has 0 spiro atoms. The molecule has 1 saturated carbocycles. The van der Waals surface area contributed by atoms with Gasteiger partial charge in [0, 0.05) is 23.1 Å². The lowest BCUT2D eigenvalue weighted by atomic mass is 9.84. The van der Waals surface area contributed by atoms with Crippen LogP contribution in [0.15, 0.2) is 42.5 Å². The van der Waals surface area contributed by atoms with E-state index in [1.165, 1.54) is 42.7 Å². The van der Waals surface area contributed by atoms with Gasteiger partial charge < -0.3 is 26.0 Å². The molecule has 6 rings (SSSR count). The maximum atomic E-state index is 14.2. The summed E-state index contributed by atoms with van der Waals surface area (Å²) in [7, 11) is 1.42. The van der Waals surface area contributed by atoms with Crippen LogP contribution < -0.4 is 20.9 Å². The van der Waals surface area contributed by atoms with Gasteiger partial charge in [0.1, 0.15) is 35.0 Å². The Morgan fingerprint density at radius 2 is 1.90 bits per heavy atom. The number of hydrogen-bond acceptors (Lipinski definition) is 8. The number of nitrogens with zero attached hydrogens (tertiary/aromatic N) is 2. The van der Waals surface area contributed by atoms with Crippen molar-refractivity contribution in [2.45, 2.75) is 36.6 Å². The van der Waals surface area contributed by atoms with Crippen LogP contribution in [-0.2, 0) is 17.6 Å². The van der Waals surface area contributed by atoms with Crippen LogP contribution in [0.4, 0.5) is 17.6 Å². The number of aliphatic hydroxyl groups is 1. The number of nitrogens with two attached hydrogens (primary N) is 2. The summed E-state index contributed by atoms with van der Waals surface area (Å²) in [6, 6.07) is 9.28. The van der Waals surface area contributed by atoms with E-state index in [9.17, 15) is 27.5 Å². The van der Waals surface area contributed by atoms with Gasteiger partial charge in [0.25, 0.3) is 0 Å². The summed E-state index contributed by atoms with van der Waals surface area (Å²) in [5.41, 5.74) is 7.43. The van der Waals surface area contributed by atoms with Crippen LogP contribution >= 0.6 is 11.3 Å². The number of aromatic nitrogens is 2. The average Bonchev–Trinajstić information content (AvgIpc) is 3.62. The molecule has 13 heteroatoms. The molecule has 2 atom stereocenters. The summed E-state index contributed by atoms with van der Waals surface area (Å²) in [6.07, 6.45) is -3.71. The number of benzene rings is 2. The molecule has 0 bridgehead atoms. The Kier molecular flexibility index (Phi) is 6.25. The van der Waals surface area contributed by atoms with Gasteiger partial charge in [0.15, 0.2) is 11.3 Å². The summed E-state index contributed by atoms with van der Waals surface area (Å²) >= 11 is 1.20. The standard InChI is InChI=1S/C28H24F4N4O4S/c1-39-18-8-14(25(33)37)9-19-23(18)36-21(41-19)11-26(38,15-4-5-15)20-10-17-24(40-12-27(17,34)28(30,31)32)22(35-20)13-2-6-16(29)7-3-13/h2-3,6-10,15,38H,4-5,11-12,34H2,1H3,(H2,33,37)/t26-,27-/m0/s1. The summed E-state index contributed by atoms with van der Waals surface area (Å²) in [4.78, 5) is 21.0. The van der Waals surface area contributed by atoms with Gasteiger partial charge in [0.05, 0.1) is 22.5 Å². The van der Waals surface area contributed by atoms with Crippen molar-refractivity contribution in [2.24, 2.45) is 17.4 Å². The van der Waals surface area contributed by atoms with Crippen LogP contribution in [0.1, 0.15) is 39.5 Å². The second-order valence-corrected chi connectivity index (χ2v) is 11.5. The largest absolute Gasteiger partial charge is 0.494 e. The lowest BCUT2D eigenvalue weighted by Crippen LogP contribution is -2.52. The van der Waals surface area contributed by atoms with Gasteiger partial charge in [-0.3, -0.25) is 4.79 Å². The third-order valence-electron chi connectivity index (χ3n) is 7.65. The minimum atomic E-state index is -4.86. The minimum absolute atomic E-state index is 0.0187. The number of halogens is 4. The Hall–Kier alpha value is -3.81. The molecule has 8 nitrogen and oxygen atoms in total. The van der Waals surface area contributed by atoms with Gasteiger partial charge >= 0.3 is 6.18 Å². The Balaban J connectivity index is 1.51. The molecule has 0 unspecified atom stereocenters. The fourth-order valence-electron chi connectivity index (χ4n) is 5.19. The zero-order chi connectivity index (χ0) is 29.3. The van der Waals surface area contributed by atoms with Gasteiger partial charge in [-0.2, -0.15) is 13.2 Å². The number of fused-ring (bicyclic) bond motifs is 2. The fourth-order valence-corrected chi connectivity index (χ4v) is 6.30. The summed E-state index contributed by atoms with van der Waals surface area (Å²) in [6.45, 7) is -0.868. The monoisotopic (exact) mass is 588 g/mol. The zero-order valence-corrected chi connectivity index (χ0v) is 22.4. The van der Waals surface area contributed by atoms with E-state index in [1.807, 2.05) is 0 Å². The molecule has 2 aromatic heterocycles. The van der Waals surface area contributed by atoms with Crippen LogP contribution in [0, 0.1) is 11.7 Å². The molecule has 5 N–H and O–H groups in total. The normalized spacial score (nSPS) is 20.0. The molecule has 1 fully saturated rings. The number of carbonyl (C=O) groups is 1. The highest BCUT2D eigenvalue weighted by Crippen LogP contribution is 2.53. The van der Waals surface area contributed by atoms with Gasteiger partial charge in [-0.25, -0.2) is 14.4 Å². The molecule has 0 radical (unpaired) electrons. The number of carbonyl (C=O) groups excluding carboxylic acids is 1. The number of pyridine rings is 1. The predicted molar refractivity (Wildman–Crippen MR) is 142 cm³/mol. The van der Waals surface area contributed by atoms with E-state index in [2.05, 4.69) is 9.97 Å². The van der Waals surface area contributed by atoms with Crippen molar-refractivity contribution in [3.63, 3.8) is 0 Å². The third kappa shape index (κ3) is 4.48. The summed E-state index contributed by atoms with van der Waals surface area (Å²) in [5.74, 6) is -1.35. The van der Waals surface area contributed by atoms with E-state index >= 15 is 0 Å². The topological polar surface area (TPSA) is 134 Å². The molecule has 1 amide bonds. The molecule has 2 aliphatic rings. The first-order chi connectivity index (χ1) is 19.3. The molecule has 41 heavy (non-hydrogen) atoms. The molecule has 1 aliphatic heterocycles. The number of ether oxygens (including phenoxy) is 2. The molecule has 214 valence electrons. The minimum Gasteiger partial charge on any atom is -0.494 e. The molecule has 4 aromatic rings. The first-order valence-electron chi connectivity index (χ1n) is 12.6. The van der Waals surface area contributed by atoms with Crippen molar-refractivity contribution in [3.8, 4) is 22.8 Å². The first kappa shape index (κ1) is 27.4. The first-order valence-corrected chi connectivity index (χ1v) is 13.5. The summed E-state index contributed by atoms with van der Waals surface area (Å²) < 4.78 is 67.9.